The van der Waals surface area contributed by atoms with Crippen molar-refractivity contribution in [1.82, 2.24) is 14.3 Å². The first kappa shape index (κ1) is 17.6. The van der Waals surface area contributed by atoms with E-state index in [4.69, 9.17) is 4.74 Å². The first-order valence-corrected chi connectivity index (χ1v) is 9.52. The van der Waals surface area contributed by atoms with E-state index in [9.17, 15) is 4.79 Å². The lowest BCUT2D eigenvalue weighted by Gasteiger charge is -2.32. The average Bonchev–Trinajstić information content (AvgIpc) is 3.04. The number of carbonyl (C=O) groups excluding carboxylic acids is 1. The molecule has 140 valence electrons. The van der Waals surface area contributed by atoms with Gasteiger partial charge in [-0.3, -0.25) is 9.20 Å². The van der Waals surface area contributed by atoms with E-state index in [0.29, 0.717) is 23.0 Å². The summed E-state index contributed by atoms with van der Waals surface area (Å²) < 4.78 is 7.24. The van der Waals surface area contributed by atoms with Crippen LogP contribution >= 0.6 is 0 Å². The van der Waals surface area contributed by atoms with Crippen molar-refractivity contribution < 1.29 is 9.53 Å². The number of benzene rings is 1. The van der Waals surface area contributed by atoms with Gasteiger partial charge >= 0.3 is 0 Å². The number of pyridine rings is 1. The normalized spacial score (nSPS) is 15.3. The van der Waals surface area contributed by atoms with Crippen LogP contribution in [0.1, 0.15) is 34.6 Å². The molecule has 1 saturated heterocycles. The Labute approximate surface area is 159 Å². The Kier molecular flexibility index (Phi) is 4.84. The number of methoxy groups -OCH3 is 1. The number of ether oxygens (including phenoxy) is 1. The number of fused-ring (bicyclic) bond motifs is 1. The molecule has 0 unspecified atom stereocenters. The Balaban J connectivity index is 1.48. The van der Waals surface area contributed by atoms with Gasteiger partial charge < -0.3 is 9.64 Å². The van der Waals surface area contributed by atoms with Gasteiger partial charge in [0.1, 0.15) is 5.69 Å². The van der Waals surface area contributed by atoms with Gasteiger partial charge in [-0.2, -0.15) is 0 Å². The fourth-order valence-electron chi connectivity index (χ4n) is 4.01. The Bertz CT molecular complexity index is 941. The number of aromatic nitrogens is 2. The summed E-state index contributed by atoms with van der Waals surface area (Å²) in [5, 5.41) is 0. The molecule has 1 aliphatic rings. The van der Waals surface area contributed by atoms with E-state index in [1.807, 2.05) is 34.6 Å². The SMILES string of the molecule is COc1cccn2c(C(=O)N3CCC(Cc4ccccc4)CC3)c(C)nc12. The van der Waals surface area contributed by atoms with Crippen LogP contribution in [-0.2, 0) is 6.42 Å². The van der Waals surface area contributed by atoms with Crippen LogP contribution in [0.15, 0.2) is 48.7 Å². The van der Waals surface area contributed by atoms with Gasteiger partial charge in [0, 0.05) is 19.3 Å². The zero-order chi connectivity index (χ0) is 18.8. The fraction of sp³-hybridized carbons (Fsp3) is 0.364. The summed E-state index contributed by atoms with van der Waals surface area (Å²) in [5.74, 6) is 1.38. The van der Waals surface area contributed by atoms with Gasteiger partial charge in [-0.15, -0.1) is 0 Å². The summed E-state index contributed by atoms with van der Waals surface area (Å²) in [6, 6.07) is 14.4. The number of hydrogen-bond acceptors (Lipinski definition) is 3. The lowest BCUT2D eigenvalue weighted by molar-refractivity contribution is 0.0682. The van der Waals surface area contributed by atoms with E-state index in [1.165, 1.54) is 5.56 Å². The Morgan fingerprint density at radius 2 is 1.89 bits per heavy atom. The highest BCUT2D eigenvalue weighted by Gasteiger charge is 2.27. The highest BCUT2D eigenvalue weighted by molar-refractivity contribution is 5.95. The molecule has 0 N–H and O–H groups in total. The topological polar surface area (TPSA) is 46.8 Å². The van der Waals surface area contributed by atoms with Gasteiger partial charge in [0.05, 0.1) is 12.8 Å². The van der Waals surface area contributed by atoms with Crippen molar-refractivity contribution in [2.75, 3.05) is 20.2 Å². The molecular formula is C22H25N3O2. The predicted molar refractivity (Wildman–Crippen MR) is 105 cm³/mol. The Morgan fingerprint density at radius 3 is 2.59 bits per heavy atom. The van der Waals surface area contributed by atoms with Gasteiger partial charge in [-0.25, -0.2) is 4.98 Å². The molecule has 1 amide bonds. The third-order valence-electron chi connectivity index (χ3n) is 5.48. The van der Waals surface area contributed by atoms with Crippen LogP contribution in [0.3, 0.4) is 0 Å². The van der Waals surface area contributed by atoms with E-state index in [-0.39, 0.29) is 5.91 Å². The zero-order valence-electron chi connectivity index (χ0n) is 15.9. The third kappa shape index (κ3) is 3.42. The number of likely N-dealkylation sites (tertiary alicyclic amines) is 1. The highest BCUT2D eigenvalue weighted by atomic mass is 16.5. The van der Waals surface area contributed by atoms with Crippen LogP contribution in [0.25, 0.3) is 5.65 Å². The second-order valence-corrected chi connectivity index (χ2v) is 7.24. The lowest BCUT2D eigenvalue weighted by Crippen LogP contribution is -2.39. The largest absolute Gasteiger partial charge is 0.493 e. The van der Waals surface area contributed by atoms with Gasteiger partial charge in [-0.05, 0) is 49.8 Å². The summed E-state index contributed by atoms with van der Waals surface area (Å²) in [6.45, 7) is 3.49. The molecular weight excluding hydrogens is 338 g/mol. The molecule has 1 aliphatic heterocycles. The van der Waals surface area contributed by atoms with Crippen LogP contribution in [0.5, 0.6) is 5.75 Å². The van der Waals surface area contributed by atoms with E-state index < -0.39 is 0 Å². The molecule has 5 nitrogen and oxygen atoms in total. The summed E-state index contributed by atoms with van der Waals surface area (Å²) in [4.78, 5) is 19.7. The van der Waals surface area contributed by atoms with Crippen LogP contribution in [0.4, 0.5) is 0 Å². The predicted octanol–water partition coefficient (Wildman–Crippen LogP) is 3.75. The molecule has 27 heavy (non-hydrogen) atoms. The first-order chi connectivity index (χ1) is 13.2. The van der Waals surface area contributed by atoms with Crippen molar-refractivity contribution in [2.24, 2.45) is 5.92 Å². The third-order valence-corrected chi connectivity index (χ3v) is 5.48. The number of imidazole rings is 1. The molecule has 0 bridgehead atoms. The first-order valence-electron chi connectivity index (χ1n) is 9.52. The minimum atomic E-state index is 0.0615. The summed E-state index contributed by atoms with van der Waals surface area (Å²) >= 11 is 0. The van der Waals surface area contributed by atoms with Crippen LogP contribution in [-0.4, -0.2) is 40.4 Å². The van der Waals surface area contributed by atoms with Crippen molar-refractivity contribution in [3.05, 3.63) is 65.6 Å². The smallest absolute Gasteiger partial charge is 0.272 e. The monoisotopic (exact) mass is 363 g/mol. The average molecular weight is 363 g/mol. The lowest BCUT2D eigenvalue weighted by atomic mass is 9.90. The molecule has 3 aromatic rings. The Hall–Kier alpha value is -2.82. The molecule has 0 aliphatic carbocycles. The molecule has 5 heteroatoms. The van der Waals surface area contributed by atoms with Gasteiger partial charge in [0.2, 0.25) is 0 Å². The maximum absolute atomic E-state index is 13.2. The van der Waals surface area contributed by atoms with Crippen LogP contribution in [0.2, 0.25) is 0 Å². The summed E-state index contributed by atoms with van der Waals surface area (Å²) in [5.41, 5.74) is 3.47. The fourth-order valence-corrected chi connectivity index (χ4v) is 4.01. The van der Waals surface area contributed by atoms with Crippen molar-refractivity contribution in [2.45, 2.75) is 26.2 Å². The highest BCUT2D eigenvalue weighted by Crippen LogP contribution is 2.26. The number of piperidine rings is 1. The van der Waals surface area contributed by atoms with Crippen LogP contribution < -0.4 is 4.74 Å². The molecule has 1 aromatic carbocycles. The molecule has 2 aromatic heterocycles. The van der Waals surface area contributed by atoms with Crippen LogP contribution in [0, 0.1) is 12.8 Å². The quantitative estimate of drug-likeness (QED) is 0.709. The molecule has 3 heterocycles. The Morgan fingerprint density at radius 1 is 1.15 bits per heavy atom. The maximum atomic E-state index is 13.2. The standard InChI is InChI=1S/C22H25N3O2/c1-16-20(25-12-6-9-19(27-2)21(25)23-16)22(26)24-13-10-18(11-14-24)15-17-7-4-3-5-8-17/h3-9,12,18H,10-11,13-15H2,1-2H3. The van der Waals surface area contributed by atoms with Crippen molar-refractivity contribution in [3.8, 4) is 5.75 Å². The second kappa shape index (κ2) is 7.43. The molecule has 4 rings (SSSR count). The molecule has 0 atom stereocenters. The van der Waals surface area contributed by atoms with E-state index >= 15 is 0 Å². The van der Waals surface area contributed by atoms with Crippen molar-refractivity contribution >= 4 is 11.6 Å². The van der Waals surface area contributed by atoms with E-state index in [1.54, 1.807) is 7.11 Å². The molecule has 0 spiro atoms. The van der Waals surface area contributed by atoms with E-state index in [0.717, 1.165) is 38.0 Å². The number of nitrogens with zero attached hydrogens (tertiary/aromatic N) is 3. The van der Waals surface area contributed by atoms with Gasteiger partial charge in [0.15, 0.2) is 11.4 Å². The second-order valence-electron chi connectivity index (χ2n) is 7.24. The number of aryl methyl sites for hydroxylation is 1. The molecule has 0 saturated carbocycles. The summed E-state index contributed by atoms with van der Waals surface area (Å²) in [6.07, 6.45) is 5.06. The number of amides is 1. The van der Waals surface area contributed by atoms with Gasteiger partial charge in [-0.1, -0.05) is 30.3 Å². The maximum Gasteiger partial charge on any atom is 0.272 e. The number of rotatable bonds is 4. The van der Waals surface area contributed by atoms with Gasteiger partial charge in [0.25, 0.3) is 5.91 Å². The van der Waals surface area contributed by atoms with Crippen molar-refractivity contribution in [1.29, 1.82) is 0 Å². The number of hydrogen-bond donors (Lipinski definition) is 0. The molecule has 0 radical (unpaired) electrons. The molecule has 1 fully saturated rings. The zero-order valence-corrected chi connectivity index (χ0v) is 15.9. The van der Waals surface area contributed by atoms with E-state index in [2.05, 4.69) is 35.3 Å². The van der Waals surface area contributed by atoms with Crippen molar-refractivity contribution in [3.63, 3.8) is 0 Å². The number of carbonyl (C=O) groups is 1. The summed E-state index contributed by atoms with van der Waals surface area (Å²) in [7, 11) is 1.62. The minimum absolute atomic E-state index is 0.0615. The minimum Gasteiger partial charge on any atom is -0.493 e.